The summed E-state index contributed by atoms with van der Waals surface area (Å²) < 4.78 is 12.3. The van der Waals surface area contributed by atoms with E-state index in [1.807, 2.05) is 54.6 Å². The lowest BCUT2D eigenvalue weighted by Gasteiger charge is -2.06. The first-order valence-electron chi connectivity index (χ1n) is 8.76. The molecule has 0 aliphatic heterocycles. The van der Waals surface area contributed by atoms with Crippen LogP contribution in [-0.4, -0.2) is 21.7 Å². The van der Waals surface area contributed by atoms with Crippen LogP contribution in [0.5, 0.6) is 11.5 Å². The van der Waals surface area contributed by atoms with E-state index in [-0.39, 0.29) is 11.5 Å². The summed E-state index contributed by atoms with van der Waals surface area (Å²) in [6.45, 7) is 0. The number of thioether (sulfide) groups is 1. The van der Waals surface area contributed by atoms with Crippen LogP contribution < -0.4 is 4.74 Å². The molecule has 0 aliphatic rings. The predicted molar refractivity (Wildman–Crippen MR) is 115 cm³/mol. The second kappa shape index (κ2) is 9.07. The van der Waals surface area contributed by atoms with E-state index in [0.717, 1.165) is 15.8 Å². The summed E-state index contributed by atoms with van der Waals surface area (Å²) >= 11 is 4.63. The largest absolute Gasteiger partial charge is 0.457 e. The Morgan fingerprint density at radius 2 is 1.69 bits per heavy atom. The third-order valence-corrected chi connectivity index (χ3v) is 5.27. The molecule has 1 aromatic heterocycles. The summed E-state index contributed by atoms with van der Waals surface area (Å²) in [5.41, 5.74) is 1.42. The highest BCUT2D eigenvalue weighted by Crippen LogP contribution is 2.26. The zero-order valence-electron chi connectivity index (χ0n) is 15.1. The molecule has 0 radical (unpaired) electrons. The van der Waals surface area contributed by atoms with Gasteiger partial charge in [-0.15, -0.1) is 10.2 Å². The van der Waals surface area contributed by atoms with Crippen molar-refractivity contribution < 1.29 is 13.9 Å². The van der Waals surface area contributed by atoms with Crippen molar-refractivity contribution >= 4 is 33.5 Å². The molecule has 0 saturated heterocycles. The fourth-order valence-electron chi connectivity index (χ4n) is 2.55. The minimum atomic E-state index is -0.0246. The van der Waals surface area contributed by atoms with Gasteiger partial charge in [-0.1, -0.05) is 52.0 Å². The molecule has 0 amide bonds. The normalized spacial score (nSPS) is 10.7. The molecule has 4 aromatic rings. The van der Waals surface area contributed by atoms with Crippen LogP contribution in [0.4, 0.5) is 0 Å². The predicted octanol–water partition coefficient (Wildman–Crippen LogP) is 6.27. The molecule has 1 heterocycles. The first-order chi connectivity index (χ1) is 14.2. The van der Waals surface area contributed by atoms with Crippen LogP contribution in [0.3, 0.4) is 0 Å². The zero-order chi connectivity index (χ0) is 20.1. The van der Waals surface area contributed by atoms with Crippen molar-refractivity contribution in [3.63, 3.8) is 0 Å². The van der Waals surface area contributed by atoms with E-state index in [0.29, 0.717) is 22.4 Å². The third kappa shape index (κ3) is 5.13. The second-order valence-electron chi connectivity index (χ2n) is 6.03. The van der Waals surface area contributed by atoms with Gasteiger partial charge >= 0.3 is 0 Å². The smallest absolute Gasteiger partial charge is 0.277 e. The molecule has 0 unspecified atom stereocenters. The molecule has 0 aliphatic carbocycles. The van der Waals surface area contributed by atoms with E-state index in [4.69, 9.17) is 9.15 Å². The first-order valence-corrected chi connectivity index (χ1v) is 10.5. The summed E-state index contributed by atoms with van der Waals surface area (Å²) in [4.78, 5) is 12.5. The van der Waals surface area contributed by atoms with Crippen molar-refractivity contribution in [3.8, 4) is 23.0 Å². The van der Waals surface area contributed by atoms with Crippen molar-refractivity contribution in [3.05, 3.63) is 88.9 Å². The molecule has 0 fully saturated rings. The van der Waals surface area contributed by atoms with Crippen LogP contribution in [0.2, 0.25) is 0 Å². The number of halogens is 1. The number of rotatable bonds is 7. The molecule has 4 rings (SSSR count). The Morgan fingerprint density at radius 1 is 0.931 bits per heavy atom. The number of hydrogen-bond acceptors (Lipinski definition) is 6. The maximum absolute atomic E-state index is 12.5. The van der Waals surface area contributed by atoms with Gasteiger partial charge in [-0.2, -0.15) is 0 Å². The summed E-state index contributed by atoms with van der Waals surface area (Å²) in [5.74, 6) is 2.03. The van der Waals surface area contributed by atoms with Crippen molar-refractivity contribution in [2.45, 2.75) is 5.22 Å². The standard InChI is InChI=1S/C22H15BrN2O3S/c23-17-6-4-5-16(13-17)21-24-25-22(28-21)29-14-20(26)15-9-11-19(12-10-15)27-18-7-2-1-3-8-18/h1-13H,14H2. The Kier molecular flexibility index (Phi) is 6.07. The molecule has 7 heteroatoms. The number of nitrogens with zero attached hydrogens (tertiary/aromatic N) is 2. The number of para-hydroxylation sites is 1. The van der Waals surface area contributed by atoms with Gasteiger partial charge in [-0.25, -0.2) is 0 Å². The molecule has 0 atom stereocenters. The molecule has 0 saturated carbocycles. The number of benzene rings is 3. The molecule has 0 spiro atoms. The number of carbonyl (C=O) groups is 1. The Morgan fingerprint density at radius 3 is 2.45 bits per heavy atom. The van der Waals surface area contributed by atoms with Crippen LogP contribution in [0, 0.1) is 0 Å². The van der Waals surface area contributed by atoms with Gasteiger partial charge in [0, 0.05) is 15.6 Å². The lowest BCUT2D eigenvalue weighted by molar-refractivity contribution is 0.102. The van der Waals surface area contributed by atoms with Gasteiger partial charge in [-0.3, -0.25) is 4.79 Å². The number of ketones is 1. The van der Waals surface area contributed by atoms with E-state index >= 15 is 0 Å². The van der Waals surface area contributed by atoms with Gasteiger partial charge in [0.2, 0.25) is 5.89 Å². The summed E-state index contributed by atoms with van der Waals surface area (Å²) in [6, 6.07) is 24.2. The number of hydrogen-bond donors (Lipinski definition) is 0. The highest BCUT2D eigenvalue weighted by molar-refractivity contribution is 9.10. The maximum Gasteiger partial charge on any atom is 0.277 e. The van der Waals surface area contributed by atoms with E-state index in [1.165, 1.54) is 11.8 Å². The molecule has 144 valence electrons. The van der Waals surface area contributed by atoms with Crippen LogP contribution in [-0.2, 0) is 0 Å². The highest BCUT2D eigenvalue weighted by Gasteiger charge is 2.13. The average molecular weight is 467 g/mol. The van der Waals surface area contributed by atoms with Crippen molar-refractivity contribution in [2.24, 2.45) is 0 Å². The van der Waals surface area contributed by atoms with E-state index in [9.17, 15) is 4.79 Å². The summed E-state index contributed by atoms with van der Waals surface area (Å²) in [5, 5.41) is 8.41. The van der Waals surface area contributed by atoms with Crippen LogP contribution in [0.15, 0.2) is 93.0 Å². The molecule has 0 bridgehead atoms. The van der Waals surface area contributed by atoms with Gasteiger partial charge in [0.25, 0.3) is 5.22 Å². The number of ether oxygens (including phenoxy) is 1. The molecule has 3 aromatic carbocycles. The Balaban J connectivity index is 1.35. The highest BCUT2D eigenvalue weighted by atomic mass is 79.9. The van der Waals surface area contributed by atoms with E-state index in [2.05, 4.69) is 26.1 Å². The fraction of sp³-hybridized carbons (Fsp3) is 0.0455. The van der Waals surface area contributed by atoms with E-state index in [1.54, 1.807) is 24.3 Å². The van der Waals surface area contributed by atoms with Crippen molar-refractivity contribution in [2.75, 3.05) is 5.75 Å². The lowest BCUT2D eigenvalue weighted by atomic mass is 10.1. The van der Waals surface area contributed by atoms with Gasteiger partial charge in [0.1, 0.15) is 11.5 Å². The minimum Gasteiger partial charge on any atom is -0.457 e. The van der Waals surface area contributed by atoms with Crippen molar-refractivity contribution in [1.29, 1.82) is 0 Å². The SMILES string of the molecule is O=C(CSc1nnc(-c2cccc(Br)c2)o1)c1ccc(Oc2ccccc2)cc1. The monoisotopic (exact) mass is 466 g/mol. The first kappa shape index (κ1) is 19.4. The van der Waals surface area contributed by atoms with Crippen LogP contribution in [0.1, 0.15) is 10.4 Å². The molecular weight excluding hydrogens is 452 g/mol. The lowest BCUT2D eigenvalue weighted by Crippen LogP contribution is -2.02. The summed E-state index contributed by atoms with van der Waals surface area (Å²) in [6.07, 6.45) is 0. The Hall–Kier alpha value is -2.90. The quantitative estimate of drug-likeness (QED) is 0.236. The average Bonchev–Trinajstić information content (AvgIpc) is 3.22. The number of aromatic nitrogens is 2. The Bertz CT molecular complexity index is 1110. The summed E-state index contributed by atoms with van der Waals surface area (Å²) in [7, 11) is 0. The molecule has 0 N–H and O–H groups in total. The Labute approximate surface area is 180 Å². The van der Waals surface area contributed by atoms with Gasteiger partial charge < -0.3 is 9.15 Å². The number of Topliss-reactive ketones (excluding diaryl/α,β-unsaturated/α-hetero) is 1. The van der Waals surface area contributed by atoms with E-state index < -0.39 is 0 Å². The molecular formula is C22H15BrN2O3S. The minimum absolute atomic E-state index is 0.0246. The number of carbonyl (C=O) groups excluding carboxylic acids is 1. The van der Waals surface area contributed by atoms with Crippen LogP contribution in [0.25, 0.3) is 11.5 Å². The van der Waals surface area contributed by atoms with Gasteiger partial charge in [0.05, 0.1) is 5.75 Å². The maximum atomic E-state index is 12.5. The molecule has 5 nitrogen and oxygen atoms in total. The van der Waals surface area contributed by atoms with Crippen LogP contribution >= 0.6 is 27.7 Å². The van der Waals surface area contributed by atoms with Gasteiger partial charge in [-0.05, 0) is 54.6 Å². The topological polar surface area (TPSA) is 65.2 Å². The fourth-order valence-corrected chi connectivity index (χ4v) is 3.61. The van der Waals surface area contributed by atoms with Gasteiger partial charge in [0.15, 0.2) is 5.78 Å². The molecule has 29 heavy (non-hydrogen) atoms. The second-order valence-corrected chi connectivity index (χ2v) is 7.88. The zero-order valence-corrected chi connectivity index (χ0v) is 17.5. The third-order valence-electron chi connectivity index (χ3n) is 3.96. The van der Waals surface area contributed by atoms with Crippen molar-refractivity contribution in [1.82, 2.24) is 10.2 Å².